The van der Waals surface area contributed by atoms with E-state index in [1.807, 2.05) is 12.3 Å². The van der Waals surface area contributed by atoms with Crippen molar-refractivity contribution in [2.24, 2.45) is 0 Å². The zero-order chi connectivity index (χ0) is 12.3. The third kappa shape index (κ3) is 3.26. The van der Waals surface area contributed by atoms with E-state index in [1.165, 1.54) is 10.1 Å². The highest BCUT2D eigenvalue weighted by atomic mass is 32.2. The highest BCUT2D eigenvalue weighted by molar-refractivity contribution is 7.84. The predicted octanol–water partition coefficient (Wildman–Crippen LogP) is 2.87. The summed E-state index contributed by atoms with van der Waals surface area (Å²) in [5.74, 6) is 1.66. The quantitative estimate of drug-likeness (QED) is 0.906. The number of aromatic nitrogens is 1. The van der Waals surface area contributed by atoms with E-state index in [4.69, 9.17) is 0 Å². The Hall–Kier alpha value is -0.940. The average Bonchev–Trinajstić information content (AvgIpc) is 2.75. The molecule has 0 aliphatic rings. The molecule has 2 aromatic heterocycles. The fourth-order valence-electron chi connectivity index (χ4n) is 1.66. The van der Waals surface area contributed by atoms with Gasteiger partial charge in [-0.3, -0.25) is 4.21 Å². The molecule has 0 fully saturated rings. The van der Waals surface area contributed by atoms with Crippen LogP contribution in [0.25, 0.3) is 10.1 Å². The predicted molar refractivity (Wildman–Crippen MR) is 76.3 cm³/mol. The number of anilines is 1. The second-order valence-corrected chi connectivity index (χ2v) is 6.61. The monoisotopic (exact) mass is 268 g/mol. The van der Waals surface area contributed by atoms with Crippen molar-refractivity contribution in [3.63, 3.8) is 0 Å². The van der Waals surface area contributed by atoms with Gasteiger partial charge in [-0.1, -0.05) is 0 Å². The molecule has 2 rings (SSSR count). The molecule has 0 aliphatic heterocycles. The van der Waals surface area contributed by atoms with Gasteiger partial charge in [-0.25, -0.2) is 4.98 Å². The maximum Gasteiger partial charge on any atom is 0.134 e. The SMILES string of the molecule is CC(CCS(C)=O)Nc1nccc2sccc12. The van der Waals surface area contributed by atoms with Crippen LogP contribution in [-0.4, -0.2) is 27.2 Å². The van der Waals surface area contributed by atoms with Crippen LogP contribution in [-0.2, 0) is 10.8 Å². The summed E-state index contributed by atoms with van der Waals surface area (Å²) >= 11 is 1.72. The first kappa shape index (κ1) is 12.5. The van der Waals surface area contributed by atoms with Gasteiger partial charge < -0.3 is 5.32 Å². The topological polar surface area (TPSA) is 42.0 Å². The Morgan fingerprint density at radius 2 is 2.35 bits per heavy atom. The summed E-state index contributed by atoms with van der Waals surface area (Å²) in [7, 11) is -0.722. The number of hydrogen-bond acceptors (Lipinski definition) is 4. The number of thiophene rings is 1. The van der Waals surface area contributed by atoms with E-state index < -0.39 is 10.8 Å². The maximum atomic E-state index is 11.0. The van der Waals surface area contributed by atoms with Gasteiger partial charge in [0.2, 0.25) is 0 Å². The highest BCUT2D eigenvalue weighted by Gasteiger charge is 2.07. The van der Waals surface area contributed by atoms with Gasteiger partial charge in [-0.15, -0.1) is 11.3 Å². The summed E-state index contributed by atoms with van der Waals surface area (Å²) in [6.45, 7) is 2.10. The van der Waals surface area contributed by atoms with Gasteiger partial charge in [-0.2, -0.15) is 0 Å². The molecular weight excluding hydrogens is 252 g/mol. The van der Waals surface area contributed by atoms with E-state index >= 15 is 0 Å². The second kappa shape index (κ2) is 5.60. The van der Waals surface area contributed by atoms with Gasteiger partial charge in [-0.05, 0) is 30.9 Å². The van der Waals surface area contributed by atoms with E-state index in [1.54, 1.807) is 17.6 Å². The first-order chi connectivity index (χ1) is 8.16. The summed E-state index contributed by atoms with van der Waals surface area (Å²) in [6.07, 6.45) is 4.46. The zero-order valence-electron chi connectivity index (χ0n) is 9.97. The number of hydrogen-bond donors (Lipinski definition) is 1. The van der Waals surface area contributed by atoms with E-state index in [9.17, 15) is 4.21 Å². The van der Waals surface area contributed by atoms with Crippen molar-refractivity contribution in [2.45, 2.75) is 19.4 Å². The van der Waals surface area contributed by atoms with Gasteiger partial charge in [0.1, 0.15) is 5.82 Å². The summed E-state index contributed by atoms with van der Waals surface area (Å²) < 4.78 is 12.3. The largest absolute Gasteiger partial charge is 0.367 e. The van der Waals surface area contributed by atoms with Crippen LogP contribution in [0, 0.1) is 0 Å². The third-order valence-electron chi connectivity index (χ3n) is 2.60. The Morgan fingerprint density at radius 3 is 3.12 bits per heavy atom. The fraction of sp³-hybridized carbons (Fsp3) is 0.417. The van der Waals surface area contributed by atoms with Crippen molar-refractivity contribution in [3.8, 4) is 0 Å². The Balaban J connectivity index is 2.07. The third-order valence-corrected chi connectivity index (χ3v) is 4.29. The van der Waals surface area contributed by atoms with Crippen LogP contribution in [0.15, 0.2) is 23.7 Å². The molecule has 0 aromatic carbocycles. The van der Waals surface area contributed by atoms with Crippen molar-refractivity contribution < 1.29 is 4.21 Å². The fourth-order valence-corrected chi connectivity index (χ4v) is 3.13. The molecule has 0 bridgehead atoms. The molecule has 0 saturated carbocycles. The van der Waals surface area contributed by atoms with Crippen molar-refractivity contribution in [1.82, 2.24) is 4.98 Å². The van der Waals surface area contributed by atoms with Crippen molar-refractivity contribution >= 4 is 38.0 Å². The standard InChI is InChI=1S/C12H16N2OS2/c1-9(5-8-17(2)15)14-12-10-4-7-16-11(10)3-6-13-12/h3-4,6-7,9H,5,8H2,1-2H3,(H,13,14). The maximum absolute atomic E-state index is 11.0. The van der Waals surface area contributed by atoms with Crippen molar-refractivity contribution in [1.29, 1.82) is 0 Å². The highest BCUT2D eigenvalue weighted by Crippen LogP contribution is 2.26. The Bertz CT molecular complexity index is 524. The molecule has 92 valence electrons. The molecule has 0 aliphatic carbocycles. The van der Waals surface area contributed by atoms with E-state index in [0.717, 1.165) is 18.0 Å². The second-order valence-electron chi connectivity index (χ2n) is 4.10. The summed E-state index contributed by atoms with van der Waals surface area (Å²) in [5.41, 5.74) is 0. The normalized spacial score (nSPS) is 14.7. The molecule has 2 unspecified atom stereocenters. The number of pyridine rings is 1. The molecule has 2 heterocycles. The van der Waals surface area contributed by atoms with Crippen LogP contribution in [0.3, 0.4) is 0 Å². The van der Waals surface area contributed by atoms with Gasteiger partial charge in [0.05, 0.1) is 0 Å². The van der Waals surface area contributed by atoms with Gasteiger partial charge in [0.25, 0.3) is 0 Å². The molecule has 3 nitrogen and oxygen atoms in total. The molecule has 0 radical (unpaired) electrons. The average molecular weight is 268 g/mol. The minimum Gasteiger partial charge on any atom is -0.367 e. The van der Waals surface area contributed by atoms with Crippen LogP contribution in [0.4, 0.5) is 5.82 Å². The van der Waals surface area contributed by atoms with Crippen LogP contribution in [0.5, 0.6) is 0 Å². The molecule has 1 N–H and O–H groups in total. The number of nitrogens with zero attached hydrogens (tertiary/aromatic N) is 1. The molecule has 2 aromatic rings. The lowest BCUT2D eigenvalue weighted by atomic mass is 10.2. The van der Waals surface area contributed by atoms with Crippen LogP contribution in [0.2, 0.25) is 0 Å². The number of fused-ring (bicyclic) bond motifs is 1. The molecule has 0 amide bonds. The first-order valence-electron chi connectivity index (χ1n) is 5.55. The number of nitrogens with one attached hydrogen (secondary N) is 1. The minimum atomic E-state index is -0.722. The molecule has 17 heavy (non-hydrogen) atoms. The molecule has 5 heteroatoms. The summed E-state index contributed by atoms with van der Waals surface area (Å²) in [6, 6.07) is 4.40. The molecule has 0 saturated heterocycles. The van der Waals surface area contributed by atoms with Gasteiger partial charge in [0.15, 0.2) is 0 Å². The first-order valence-corrected chi connectivity index (χ1v) is 8.16. The summed E-state index contributed by atoms with van der Waals surface area (Å²) in [4.78, 5) is 4.37. The Kier molecular flexibility index (Phi) is 4.12. The van der Waals surface area contributed by atoms with Crippen LogP contribution >= 0.6 is 11.3 Å². The smallest absolute Gasteiger partial charge is 0.134 e. The zero-order valence-corrected chi connectivity index (χ0v) is 11.6. The van der Waals surface area contributed by atoms with Crippen LogP contribution in [0.1, 0.15) is 13.3 Å². The lowest BCUT2D eigenvalue weighted by molar-refractivity contribution is 0.678. The number of rotatable bonds is 5. The molecule has 2 atom stereocenters. The van der Waals surface area contributed by atoms with E-state index in [2.05, 4.69) is 28.7 Å². The minimum absolute atomic E-state index is 0.289. The van der Waals surface area contributed by atoms with E-state index in [0.29, 0.717) is 0 Å². The lowest BCUT2D eigenvalue weighted by Gasteiger charge is -2.14. The van der Waals surface area contributed by atoms with E-state index in [-0.39, 0.29) is 6.04 Å². The van der Waals surface area contributed by atoms with Gasteiger partial charge in [0, 0.05) is 45.1 Å². The van der Waals surface area contributed by atoms with Crippen molar-refractivity contribution in [3.05, 3.63) is 23.7 Å². The molecule has 0 spiro atoms. The van der Waals surface area contributed by atoms with Crippen LogP contribution < -0.4 is 5.32 Å². The Morgan fingerprint density at radius 1 is 1.53 bits per heavy atom. The summed E-state index contributed by atoms with van der Waals surface area (Å²) in [5, 5.41) is 6.63. The van der Waals surface area contributed by atoms with Gasteiger partial charge >= 0.3 is 0 Å². The molecular formula is C12H16N2OS2. The van der Waals surface area contributed by atoms with Crippen molar-refractivity contribution in [2.75, 3.05) is 17.3 Å². The Labute approximate surface area is 108 Å². The lowest BCUT2D eigenvalue weighted by Crippen LogP contribution is -2.18.